The molecule has 1 aliphatic carbocycles. The van der Waals surface area contributed by atoms with E-state index in [0.717, 1.165) is 12.8 Å². The summed E-state index contributed by atoms with van der Waals surface area (Å²) in [6, 6.07) is 21.3. The molecule has 0 bridgehead atoms. The Balaban J connectivity index is 2.03. The van der Waals surface area contributed by atoms with E-state index in [1.54, 1.807) is 0 Å². The van der Waals surface area contributed by atoms with Crippen LogP contribution in [0.5, 0.6) is 0 Å². The largest absolute Gasteiger partial charge is 0.393 e. The minimum Gasteiger partial charge on any atom is -0.393 e. The first kappa shape index (κ1) is 17.5. The van der Waals surface area contributed by atoms with Crippen LogP contribution in [0.3, 0.4) is 0 Å². The zero-order chi connectivity index (χ0) is 17.2. The summed E-state index contributed by atoms with van der Waals surface area (Å²) in [6.07, 6.45) is 1.60. The summed E-state index contributed by atoms with van der Waals surface area (Å²) >= 11 is 0. The summed E-state index contributed by atoms with van der Waals surface area (Å²) < 4.78 is 6.76. The van der Waals surface area contributed by atoms with E-state index >= 15 is 0 Å². The maximum Gasteiger partial charge on any atom is 0.0631 e. The van der Waals surface area contributed by atoms with Gasteiger partial charge in [-0.2, -0.15) is 0 Å². The normalized spacial score (nSPS) is 22.0. The SMILES string of the molecule is CC(C)(C)S(OCC1CC(O)C1)(c1ccccc1)c1ccccc1. The molecule has 0 aliphatic heterocycles. The van der Waals surface area contributed by atoms with Gasteiger partial charge in [0, 0.05) is 14.5 Å². The van der Waals surface area contributed by atoms with Crippen LogP contribution in [0, 0.1) is 5.92 Å². The molecule has 2 aromatic rings. The summed E-state index contributed by atoms with van der Waals surface area (Å²) in [6.45, 7) is 7.54. The maximum atomic E-state index is 9.59. The van der Waals surface area contributed by atoms with Gasteiger partial charge in [0.15, 0.2) is 0 Å². The number of hydrogen-bond acceptors (Lipinski definition) is 2. The highest BCUT2D eigenvalue weighted by molar-refractivity contribution is 8.31. The molecular formula is C21H28O2S. The van der Waals surface area contributed by atoms with Gasteiger partial charge in [0.2, 0.25) is 0 Å². The second-order valence-corrected chi connectivity index (χ2v) is 11.1. The molecule has 2 aromatic carbocycles. The molecule has 0 spiro atoms. The molecule has 1 saturated carbocycles. The molecule has 0 radical (unpaired) electrons. The highest BCUT2D eigenvalue weighted by Crippen LogP contribution is 2.71. The quantitative estimate of drug-likeness (QED) is 0.786. The summed E-state index contributed by atoms with van der Waals surface area (Å²) in [5.74, 6) is 0.474. The maximum absolute atomic E-state index is 9.59. The Morgan fingerprint density at radius 3 is 1.75 bits per heavy atom. The third kappa shape index (κ3) is 3.26. The lowest BCUT2D eigenvalue weighted by molar-refractivity contribution is 0.0224. The Morgan fingerprint density at radius 2 is 1.38 bits per heavy atom. The minimum atomic E-state index is -1.64. The average Bonchev–Trinajstić information content (AvgIpc) is 2.54. The third-order valence-electron chi connectivity index (χ3n) is 4.70. The van der Waals surface area contributed by atoms with Crippen LogP contribution in [0.15, 0.2) is 70.5 Å². The van der Waals surface area contributed by atoms with Gasteiger partial charge in [-0.1, -0.05) is 46.7 Å². The second-order valence-electron chi connectivity index (χ2n) is 7.57. The smallest absolute Gasteiger partial charge is 0.0631 e. The van der Waals surface area contributed by atoms with E-state index in [1.807, 2.05) is 0 Å². The summed E-state index contributed by atoms with van der Waals surface area (Å²) in [5, 5.41) is 9.59. The van der Waals surface area contributed by atoms with Crippen molar-refractivity contribution in [1.29, 1.82) is 0 Å². The van der Waals surface area contributed by atoms with Crippen molar-refractivity contribution in [2.24, 2.45) is 5.92 Å². The predicted molar refractivity (Wildman–Crippen MR) is 101 cm³/mol. The molecule has 3 rings (SSSR count). The number of aliphatic hydroxyl groups is 1. The molecule has 1 aliphatic rings. The molecule has 0 atom stereocenters. The molecule has 24 heavy (non-hydrogen) atoms. The van der Waals surface area contributed by atoms with Gasteiger partial charge in [-0.3, -0.25) is 0 Å². The van der Waals surface area contributed by atoms with Crippen LogP contribution in [0.25, 0.3) is 0 Å². The van der Waals surface area contributed by atoms with Gasteiger partial charge in [0.1, 0.15) is 0 Å². The summed E-state index contributed by atoms with van der Waals surface area (Å²) in [7, 11) is -1.64. The molecule has 130 valence electrons. The zero-order valence-corrected chi connectivity index (χ0v) is 15.6. The molecule has 0 unspecified atom stereocenters. The molecule has 1 fully saturated rings. The minimum absolute atomic E-state index is 0.0297. The molecular weight excluding hydrogens is 316 g/mol. The molecule has 0 amide bonds. The van der Waals surface area contributed by atoms with Crippen molar-refractivity contribution >= 4 is 10.3 Å². The van der Waals surface area contributed by atoms with Gasteiger partial charge in [-0.05, 0) is 63.8 Å². The van der Waals surface area contributed by atoms with E-state index in [2.05, 4.69) is 81.4 Å². The van der Waals surface area contributed by atoms with Crippen LogP contribution >= 0.6 is 10.3 Å². The Bertz CT molecular complexity index is 603. The lowest BCUT2D eigenvalue weighted by atomic mass is 9.83. The van der Waals surface area contributed by atoms with Crippen molar-refractivity contribution < 1.29 is 9.29 Å². The van der Waals surface area contributed by atoms with Crippen LogP contribution in [-0.2, 0) is 4.18 Å². The van der Waals surface area contributed by atoms with Gasteiger partial charge in [0.25, 0.3) is 0 Å². The van der Waals surface area contributed by atoms with Crippen molar-refractivity contribution in [3.63, 3.8) is 0 Å². The Hall–Kier alpha value is -1.29. The number of benzene rings is 2. The van der Waals surface area contributed by atoms with Gasteiger partial charge < -0.3 is 9.29 Å². The lowest BCUT2D eigenvalue weighted by Gasteiger charge is -2.51. The highest BCUT2D eigenvalue weighted by atomic mass is 32.3. The van der Waals surface area contributed by atoms with Gasteiger partial charge in [0.05, 0.1) is 12.7 Å². The van der Waals surface area contributed by atoms with Crippen LogP contribution in [-0.4, -0.2) is 22.6 Å². The standard InChI is InChI=1S/C21H28O2S/c1-21(2,3)24(19-10-6-4-7-11-19,20-12-8-5-9-13-20)23-16-17-14-18(22)15-17/h4-13,17-18,22H,14-16H2,1-3H3. The molecule has 2 nitrogen and oxygen atoms in total. The van der Waals surface area contributed by atoms with Crippen LogP contribution in [0.2, 0.25) is 0 Å². The second kappa shape index (κ2) is 6.91. The van der Waals surface area contributed by atoms with E-state index < -0.39 is 10.3 Å². The summed E-state index contributed by atoms with van der Waals surface area (Å²) in [5.41, 5.74) is 0. The molecule has 1 N–H and O–H groups in total. The van der Waals surface area contributed by atoms with Gasteiger partial charge in [-0.15, -0.1) is 0 Å². The number of aliphatic hydroxyl groups excluding tert-OH is 1. The highest BCUT2D eigenvalue weighted by Gasteiger charge is 2.42. The molecule has 0 heterocycles. The Labute approximate surface area is 147 Å². The monoisotopic (exact) mass is 344 g/mol. The van der Waals surface area contributed by atoms with Crippen molar-refractivity contribution in [3.05, 3.63) is 60.7 Å². The fraction of sp³-hybridized carbons (Fsp3) is 0.429. The molecule has 3 heteroatoms. The number of rotatable bonds is 5. The summed E-state index contributed by atoms with van der Waals surface area (Å²) in [4.78, 5) is 2.53. The average molecular weight is 345 g/mol. The van der Waals surface area contributed by atoms with Crippen LogP contribution in [0.1, 0.15) is 33.6 Å². The van der Waals surface area contributed by atoms with E-state index in [4.69, 9.17) is 4.18 Å². The fourth-order valence-electron chi connectivity index (χ4n) is 3.42. The zero-order valence-electron chi connectivity index (χ0n) is 14.8. The first-order chi connectivity index (χ1) is 11.4. The Kier molecular flexibility index (Phi) is 5.05. The van der Waals surface area contributed by atoms with Crippen LogP contribution < -0.4 is 0 Å². The van der Waals surface area contributed by atoms with Crippen LogP contribution in [0.4, 0.5) is 0 Å². The molecule has 0 saturated heterocycles. The fourth-order valence-corrected chi connectivity index (χ4v) is 7.20. The van der Waals surface area contributed by atoms with E-state index in [9.17, 15) is 5.11 Å². The lowest BCUT2D eigenvalue weighted by Crippen LogP contribution is -2.34. The number of hydrogen-bond donors (Lipinski definition) is 1. The Morgan fingerprint density at radius 1 is 0.917 bits per heavy atom. The van der Waals surface area contributed by atoms with E-state index in [0.29, 0.717) is 12.5 Å². The van der Waals surface area contributed by atoms with Gasteiger partial charge >= 0.3 is 0 Å². The first-order valence-electron chi connectivity index (χ1n) is 8.69. The van der Waals surface area contributed by atoms with Crippen molar-refractivity contribution in [3.8, 4) is 0 Å². The predicted octanol–water partition coefficient (Wildman–Crippen LogP) is 5.41. The van der Waals surface area contributed by atoms with Crippen molar-refractivity contribution in [1.82, 2.24) is 0 Å². The first-order valence-corrected chi connectivity index (χ1v) is 10.2. The van der Waals surface area contributed by atoms with Gasteiger partial charge in [-0.25, -0.2) is 0 Å². The van der Waals surface area contributed by atoms with E-state index in [1.165, 1.54) is 9.79 Å². The van der Waals surface area contributed by atoms with Crippen molar-refractivity contribution in [2.75, 3.05) is 6.61 Å². The topological polar surface area (TPSA) is 29.5 Å². The third-order valence-corrected chi connectivity index (χ3v) is 8.79. The van der Waals surface area contributed by atoms with Crippen molar-refractivity contribution in [2.45, 2.75) is 54.3 Å². The molecule has 0 aromatic heterocycles. The van der Waals surface area contributed by atoms with E-state index in [-0.39, 0.29) is 10.9 Å².